The van der Waals surface area contributed by atoms with Crippen LogP contribution in [0.4, 0.5) is 0 Å². The fraction of sp³-hybridized carbons (Fsp3) is 0.294. The lowest BCUT2D eigenvalue weighted by Gasteiger charge is -2.16. The Hall–Kier alpha value is -2.45. The van der Waals surface area contributed by atoms with Gasteiger partial charge in [0.05, 0.1) is 6.61 Å². The van der Waals surface area contributed by atoms with Crippen LogP contribution < -0.4 is 9.46 Å². The molecule has 0 saturated heterocycles. The van der Waals surface area contributed by atoms with Crippen molar-refractivity contribution in [1.29, 1.82) is 0 Å². The van der Waals surface area contributed by atoms with Crippen LogP contribution in [-0.2, 0) is 10.0 Å². The highest BCUT2D eigenvalue weighted by Crippen LogP contribution is 2.24. The molecule has 0 amide bonds. The van der Waals surface area contributed by atoms with Gasteiger partial charge in [-0.2, -0.15) is 0 Å². The SMILES string of the molecule is CCCOc1cccc([C@H](C)NS(=O)(=O)c2cccc3nonc23)c1. The molecule has 0 fully saturated rings. The molecule has 3 rings (SSSR count). The van der Waals surface area contributed by atoms with E-state index in [2.05, 4.69) is 19.7 Å². The molecule has 7 nitrogen and oxygen atoms in total. The summed E-state index contributed by atoms with van der Waals surface area (Å²) in [4.78, 5) is 0.0384. The number of ether oxygens (including phenoxy) is 1. The standard InChI is InChI=1S/C17H19N3O4S/c1-3-10-23-14-7-4-6-13(11-14)12(2)20-25(21,22)16-9-5-8-15-17(16)19-24-18-15/h4-9,11-12,20H,3,10H2,1-2H3/t12-/m0/s1. The number of aromatic nitrogens is 2. The lowest BCUT2D eigenvalue weighted by atomic mass is 10.1. The second-order valence-corrected chi connectivity index (χ2v) is 7.33. The van der Waals surface area contributed by atoms with E-state index in [1.54, 1.807) is 19.1 Å². The van der Waals surface area contributed by atoms with E-state index in [0.29, 0.717) is 17.9 Å². The van der Waals surface area contributed by atoms with Crippen molar-refractivity contribution in [1.82, 2.24) is 15.0 Å². The van der Waals surface area contributed by atoms with E-state index in [1.165, 1.54) is 6.07 Å². The summed E-state index contributed by atoms with van der Waals surface area (Å²) in [5, 5.41) is 7.36. The lowest BCUT2D eigenvalue weighted by Crippen LogP contribution is -2.27. The van der Waals surface area contributed by atoms with Gasteiger partial charge in [0.2, 0.25) is 10.0 Å². The van der Waals surface area contributed by atoms with Crippen LogP contribution in [-0.4, -0.2) is 25.3 Å². The van der Waals surface area contributed by atoms with Crippen LogP contribution in [0.2, 0.25) is 0 Å². The first kappa shape index (κ1) is 17.4. The molecular formula is C17H19N3O4S. The second kappa shape index (κ2) is 7.20. The second-order valence-electron chi connectivity index (χ2n) is 5.65. The summed E-state index contributed by atoms with van der Waals surface area (Å²) in [6, 6.07) is 11.7. The molecule has 0 aliphatic heterocycles. The minimum atomic E-state index is -3.79. The number of sulfonamides is 1. The molecule has 132 valence electrons. The van der Waals surface area contributed by atoms with E-state index >= 15 is 0 Å². The summed E-state index contributed by atoms with van der Waals surface area (Å²) in [7, 11) is -3.79. The summed E-state index contributed by atoms with van der Waals surface area (Å²) in [6.07, 6.45) is 0.905. The van der Waals surface area contributed by atoms with Gasteiger partial charge in [-0.15, -0.1) is 0 Å². The van der Waals surface area contributed by atoms with Crippen molar-refractivity contribution in [3.05, 3.63) is 48.0 Å². The monoisotopic (exact) mass is 361 g/mol. The average molecular weight is 361 g/mol. The van der Waals surface area contributed by atoms with Gasteiger partial charge >= 0.3 is 0 Å². The zero-order valence-corrected chi connectivity index (χ0v) is 14.8. The number of nitrogens with one attached hydrogen (secondary N) is 1. The van der Waals surface area contributed by atoms with Crippen LogP contribution in [0.3, 0.4) is 0 Å². The van der Waals surface area contributed by atoms with Crippen LogP contribution >= 0.6 is 0 Å². The van der Waals surface area contributed by atoms with E-state index in [4.69, 9.17) is 4.74 Å². The number of nitrogens with zero attached hydrogens (tertiary/aromatic N) is 2. The minimum absolute atomic E-state index is 0.0384. The first-order valence-electron chi connectivity index (χ1n) is 7.97. The fourth-order valence-corrected chi connectivity index (χ4v) is 3.84. The molecule has 0 bridgehead atoms. The first-order chi connectivity index (χ1) is 12.0. The minimum Gasteiger partial charge on any atom is -0.494 e. The summed E-state index contributed by atoms with van der Waals surface area (Å²) < 4.78 is 38.4. The van der Waals surface area contributed by atoms with E-state index < -0.39 is 16.1 Å². The van der Waals surface area contributed by atoms with Crippen molar-refractivity contribution < 1.29 is 17.8 Å². The Labute approximate surface area is 146 Å². The molecule has 0 saturated carbocycles. The molecular weight excluding hydrogens is 342 g/mol. The number of fused-ring (bicyclic) bond motifs is 1. The Morgan fingerprint density at radius 1 is 1.20 bits per heavy atom. The normalized spacial score (nSPS) is 13.0. The number of rotatable bonds is 7. The summed E-state index contributed by atoms with van der Waals surface area (Å²) in [5.74, 6) is 0.716. The molecule has 1 heterocycles. The van der Waals surface area contributed by atoms with Gasteiger partial charge in [0.1, 0.15) is 16.2 Å². The van der Waals surface area contributed by atoms with Gasteiger partial charge in [-0.1, -0.05) is 25.1 Å². The Morgan fingerprint density at radius 2 is 2.00 bits per heavy atom. The molecule has 1 atom stereocenters. The van der Waals surface area contributed by atoms with Gasteiger partial charge in [-0.3, -0.25) is 0 Å². The van der Waals surface area contributed by atoms with Crippen LogP contribution in [0, 0.1) is 0 Å². The Balaban J connectivity index is 1.84. The summed E-state index contributed by atoms with van der Waals surface area (Å²) in [5.41, 5.74) is 1.41. The summed E-state index contributed by atoms with van der Waals surface area (Å²) in [6.45, 7) is 4.42. The highest BCUT2D eigenvalue weighted by Gasteiger charge is 2.23. The molecule has 2 aromatic carbocycles. The predicted octanol–water partition coefficient (Wildman–Crippen LogP) is 3.05. The third-order valence-corrected chi connectivity index (χ3v) is 5.27. The Kier molecular flexibility index (Phi) is 5.00. The Bertz CT molecular complexity index is 969. The van der Waals surface area contributed by atoms with Crippen LogP contribution in [0.25, 0.3) is 11.0 Å². The van der Waals surface area contributed by atoms with Crippen molar-refractivity contribution >= 4 is 21.1 Å². The predicted molar refractivity (Wildman–Crippen MR) is 92.8 cm³/mol. The van der Waals surface area contributed by atoms with E-state index in [9.17, 15) is 8.42 Å². The third kappa shape index (κ3) is 3.80. The van der Waals surface area contributed by atoms with Gasteiger partial charge in [0.25, 0.3) is 0 Å². The van der Waals surface area contributed by atoms with Gasteiger partial charge in [0.15, 0.2) is 5.52 Å². The molecule has 8 heteroatoms. The molecule has 0 radical (unpaired) electrons. The molecule has 1 N–H and O–H groups in total. The van der Waals surface area contributed by atoms with Crippen molar-refractivity contribution in [2.75, 3.05) is 6.61 Å². The maximum atomic E-state index is 12.7. The van der Waals surface area contributed by atoms with E-state index in [0.717, 1.165) is 12.0 Å². The maximum absolute atomic E-state index is 12.7. The topological polar surface area (TPSA) is 94.3 Å². The van der Waals surface area contributed by atoms with Crippen LogP contribution in [0.15, 0.2) is 52.0 Å². The molecule has 3 aromatic rings. The van der Waals surface area contributed by atoms with Crippen molar-refractivity contribution in [3.63, 3.8) is 0 Å². The van der Waals surface area contributed by atoms with Crippen molar-refractivity contribution in [2.24, 2.45) is 0 Å². The first-order valence-corrected chi connectivity index (χ1v) is 9.46. The van der Waals surface area contributed by atoms with Gasteiger partial charge in [0, 0.05) is 6.04 Å². The highest BCUT2D eigenvalue weighted by molar-refractivity contribution is 7.89. The third-order valence-electron chi connectivity index (χ3n) is 3.70. The van der Waals surface area contributed by atoms with Gasteiger partial charge < -0.3 is 4.74 Å². The maximum Gasteiger partial charge on any atom is 0.243 e. The molecule has 0 unspecified atom stereocenters. The Morgan fingerprint density at radius 3 is 2.80 bits per heavy atom. The zero-order chi connectivity index (χ0) is 17.9. The van der Waals surface area contributed by atoms with Crippen molar-refractivity contribution in [2.45, 2.75) is 31.2 Å². The number of hydrogen-bond acceptors (Lipinski definition) is 6. The number of hydrogen-bond donors (Lipinski definition) is 1. The van der Waals surface area contributed by atoms with E-state index in [-0.39, 0.29) is 10.4 Å². The fourth-order valence-electron chi connectivity index (χ4n) is 2.46. The number of benzene rings is 2. The molecule has 1 aromatic heterocycles. The molecule has 0 aliphatic rings. The van der Waals surface area contributed by atoms with Crippen LogP contribution in [0.1, 0.15) is 31.9 Å². The quantitative estimate of drug-likeness (QED) is 0.695. The van der Waals surface area contributed by atoms with Crippen molar-refractivity contribution in [3.8, 4) is 5.75 Å². The molecule has 0 spiro atoms. The molecule has 0 aliphatic carbocycles. The lowest BCUT2D eigenvalue weighted by molar-refractivity contribution is 0.315. The molecule has 25 heavy (non-hydrogen) atoms. The van der Waals surface area contributed by atoms with Gasteiger partial charge in [-0.05, 0) is 53.5 Å². The zero-order valence-electron chi connectivity index (χ0n) is 14.0. The largest absolute Gasteiger partial charge is 0.494 e. The summed E-state index contributed by atoms with van der Waals surface area (Å²) >= 11 is 0. The average Bonchev–Trinajstić information content (AvgIpc) is 3.08. The highest BCUT2D eigenvalue weighted by atomic mass is 32.2. The smallest absolute Gasteiger partial charge is 0.243 e. The van der Waals surface area contributed by atoms with Gasteiger partial charge in [-0.25, -0.2) is 17.8 Å². The van der Waals surface area contributed by atoms with Crippen LogP contribution in [0.5, 0.6) is 5.75 Å². The van der Waals surface area contributed by atoms with E-state index in [1.807, 2.05) is 31.2 Å².